The Balaban J connectivity index is 2.32. The van der Waals surface area contributed by atoms with Gasteiger partial charge in [0, 0.05) is 19.4 Å². The van der Waals surface area contributed by atoms with Crippen LogP contribution in [0.2, 0.25) is 0 Å². The van der Waals surface area contributed by atoms with Gasteiger partial charge in [-0.05, 0) is 5.92 Å². The van der Waals surface area contributed by atoms with Crippen molar-refractivity contribution in [2.24, 2.45) is 5.92 Å². The molecule has 0 bridgehead atoms. The van der Waals surface area contributed by atoms with Crippen molar-refractivity contribution in [3.63, 3.8) is 0 Å². The van der Waals surface area contributed by atoms with Crippen molar-refractivity contribution in [1.82, 2.24) is 15.6 Å². The molecule has 0 saturated carbocycles. The van der Waals surface area contributed by atoms with Gasteiger partial charge >= 0.3 is 5.97 Å². The second-order valence-corrected chi connectivity index (χ2v) is 5.10. The average Bonchev–Trinajstić information content (AvgIpc) is 2.71. The number of hydrogen-bond acceptors (Lipinski definition) is 6. The summed E-state index contributed by atoms with van der Waals surface area (Å²) in [7, 11) is 1.68. The second kappa shape index (κ2) is 7.77. The molecule has 2 N–H and O–H groups in total. The van der Waals surface area contributed by atoms with E-state index in [4.69, 9.17) is 0 Å². The maximum absolute atomic E-state index is 11.8. The van der Waals surface area contributed by atoms with Crippen LogP contribution in [0, 0.1) is 5.92 Å². The Morgan fingerprint density at radius 1 is 1.29 bits per heavy atom. The molecule has 1 saturated heterocycles. The van der Waals surface area contributed by atoms with Gasteiger partial charge in [-0.1, -0.05) is 13.8 Å². The SMILES string of the molecule is BN[C@H](C(=O)NCCC(=O)ON1C(=O)CCC1=O)C(C)C. The summed E-state index contributed by atoms with van der Waals surface area (Å²) in [6.45, 7) is 3.89. The maximum Gasteiger partial charge on any atom is 0.334 e. The number of amides is 3. The van der Waals surface area contributed by atoms with Gasteiger partial charge in [0.1, 0.15) is 0 Å². The average molecular weight is 297 g/mol. The second-order valence-electron chi connectivity index (χ2n) is 5.10. The van der Waals surface area contributed by atoms with E-state index in [2.05, 4.69) is 15.4 Å². The first-order valence-electron chi connectivity index (χ1n) is 6.88. The largest absolute Gasteiger partial charge is 0.354 e. The van der Waals surface area contributed by atoms with Crippen LogP contribution < -0.4 is 10.5 Å². The van der Waals surface area contributed by atoms with Gasteiger partial charge in [-0.2, -0.15) is 0 Å². The van der Waals surface area contributed by atoms with Gasteiger partial charge in [-0.3, -0.25) is 14.4 Å². The lowest BCUT2D eigenvalue weighted by molar-refractivity contribution is -0.197. The lowest BCUT2D eigenvalue weighted by Gasteiger charge is -2.19. The molecule has 0 aromatic rings. The summed E-state index contributed by atoms with van der Waals surface area (Å²) < 4.78 is 0. The molecule has 3 amide bonds. The van der Waals surface area contributed by atoms with E-state index < -0.39 is 17.8 Å². The third-order valence-electron chi connectivity index (χ3n) is 3.09. The van der Waals surface area contributed by atoms with Crippen LogP contribution in [0.1, 0.15) is 33.1 Å². The number of nitrogens with zero attached hydrogens (tertiary/aromatic N) is 1. The van der Waals surface area contributed by atoms with Gasteiger partial charge in [-0.15, -0.1) is 5.06 Å². The van der Waals surface area contributed by atoms with Crippen LogP contribution in [0.3, 0.4) is 0 Å². The molecular weight excluding hydrogens is 277 g/mol. The Bertz CT molecular complexity index is 425. The quantitative estimate of drug-likeness (QED) is 0.427. The molecule has 9 heteroatoms. The Hall–Kier alpha value is -1.90. The number of carbonyl (C=O) groups excluding carboxylic acids is 4. The fourth-order valence-corrected chi connectivity index (χ4v) is 1.97. The Morgan fingerprint density at radius 2 is 1.86 bits per heavy atom. The topological polar surface area (TPSA) is 105 Å². The van der Waals surface area contributed by atoms with Crippen LogP contribution in [-0.4, -0.2) is 49.3 Å². The zero-order valence-corrected chi connectivity index (χ0v) is 12.5. The van der Waals surface area contributed by atoms with Crippen LogP contribution in [0.4, 0.5) is 0 Å². The molecule has 8 nitrogen and oxygen atoms in total. The van der Waals surface area contributed by atoms with Gasteiger partial charge in [0.25, 0.3) is 11.8 Å². The minimum Gasteiger partial charge on any atom is -0.354 e. The first-order valence-corrected chi connectivity index (χ1v) is 6.88. The van der Waals surface area contributed by atoms with E-state index in [0.717, 1.165) is 0 Å². The highest BCUT2D eigenvalue weighted by Crippen LogP contribution is 2.12. The third kappa shape index (κ3) is 4.85. The van der Waals surface area contributed by atoms with Crippen molar-refractivity contribution in [2.75, 3.05) is 6.54 Å². The van der Waals surface area contributed by atoms with Crippen LogP contribution >= 0.6 is 0 Å². The number of carbonyl (C=O) groups is 4. The highest BCUT2D eigenvalue weighted by molar-refractivity contribution is 6.06. The molecule has 1 aliphatic heterocycles. The zero-order chi connectivity index (χ0) is 16.0. The fourth-order valence-electron chi connectivity index (χ4n) is 1.97. The number of rotatable bonds is 7. The monoisotopic (exact) mass is 297 g/mol. The first kappa shape index (κ1) is 17.2. The van der Waals surface area contributed by atoms with E-state index in [1.165, 1.54) is 0 Å². The van der Waals surface area contributed by atoms with Gasteiger partial charge in [-0.25, -0.2) is 4.79 Å². The highest BCUT2D eigenvalue weighted by atomic mass is 16.7. The fraction of sp³-hybridized carbons (Fsp3) is 0.667. The van der Waals surface area contributed by atoms with Gasteiger partial charge in [0.15, 0.2) is 7.98 Å². The Labute approximate surface area is 123 Å². The maximum atomic E-state index is 11.8. The predicted octanol–water partition coefficient (Wildman–Crippen LogP) is -1.74. The normalized spacial score (nSPS) is 16.2. The van der Waals surface area contributed by atoms with Crippen molar-refractivity contribution in [3.8, 4) is 0 Å². The van der Waals surface area contributed by atoms with Crippen LogP contribution in [0.15, 0.2) is 0 Å². The Kier molecular flexibility index (Phi) is 6.35. The molecule has 0 radical (unpaired) electrons. The minimum absolute atomic E-state index is 0.0566. The molecule has 1 fully saturated rings. The third-order valence-corrected chi connectivity index (χ3v) is 3.09. The van der Waals surface area contributed by atoms with Gasteiger partial charge in [0.05, 0.1) is 12.5 Å². The molecule has 0 aromatic heterocycles. The van der Waals surface area contributed by atoms with Crippen molar-refractivity contribution < 1.29 is 24.0 Å². The summed E-state index contributed by atoms with van der Waals surface area (Å²) in [5.74, 6) is -1.88. The van der Waals surface area contributed by atoms with Crippen LogP contribution in [-0.2, 0) is 24.0 Å². The Morgan fingerprint density at radius 3 is 2.33 bits per heavy atom. The van der Waals surface area contributed by atoms with E-state index in [1.807, 2.05) is 13.8 Å². The summed E-state index contributed by atoms with van der Waals surface area (Å²) in [6.07, 6.45) is -0.000492. The molecule has 1 rings (SSSR count). The lowest BCUT2D eigenvalue weighted by Crippen LogP contribution is -2.47. The molecule has 1 aliphatic rings. The van der Waals surface area contributed by atoms with Gasteiger partial charge < -0.3 is 15.4 Å². The number of hydroxylamine groups is 2. The predicted molar refractivity (Wildman–Crippen MR) is 75.1 cm³/mol. The van der Waals surface area contributed by atoms with Crippen LogP contribution in [0.5, 0.6) is 0 Å². The van der Waals surface area contributed by atoms with E-state index in [9.17, 15) is 19.2 Å². The smallest absolute Gasteiger partial charge is 0.334 e. The molecule has 0 unspecified atom stereocenters. The number of imide groups is 1. The molecule has 1 heterocycles. The number of nitrogens with one attached hydrogen (secondary N) is 2. The van der Waals surface area contributed by atoms with Gasteiger partial charge in [0.2, 0.25) is 5.91 Å². The zero-order valence-electron chi connectivity index (χ0n) is 12.5. The highest BCUT2D eigenvalue weighted by Gasteiger charge is 2.32. The summed E-state index contributed by atoms with van der Waals surface area (Å²) in [6, 6.07) is -0.345. The van der Waals surface area contributed by atoms with Crippen molar-refractivity contribution in [3.05, 3.63) is 0 Å². The van der Waals surface area contributed by atoms with Crippen molar-refractivity contribution in [2.45, 2.75) is 39.2 Å². The van der Waals surface area contributed by atoms with E-state index >= 15 is 0 Å². The minimum atomic E-state index is -0.732. The summed E-state index contributed by atoms with van der Waals surface area (Å²) in [4.78, 5) is 50.5. The summed E-state index contributed by atoms with van der Waals surface area (Å²) in [5, 5.41) is 5.98. The van der Waals surface area contributed by atoms with E-state index in [-0.39, 0.29) is 43.7 Å². The molecule has 116 valence electrons. The molecular formula is C12H20BN3O5. The molecule has 1 atom stereocenters. The van der Waals surface area contributed by atoms with Crippen molar-refractivity contribution >= 4 is 31.7 Å². The molecule has 0 aliphatic carbocycles. The lowest BCUT2D eigenvalue weighted by atomic mass is 10.0. The summed E-state index contributed by atoms with van der Waals surface area (Å²) in [5.41, 5.74) is 0. The van der Waals surface area contributed by atoms with Crippen LogP contribution in [0.25, 0.3) is 0 Å². The van der Waals surface area contributed by atoms with E-state index in [0.29, 0.717) is 5.06 Å². The standard InChI is InChI=1S/C12H20BN3O5/c1-7(2)11(15-13)12(20)14-6-5-10(19)21-16-8(17)3-4-9(16)18/h7,11,15H,3-6,13H2,1-2H3,(H,14,20)/t11-/m0/s1. The van der Waals surface area contributed by atoms with Crippen molar-refractivity contribution in [1.29, 1.82) is 0 Å². The number of hydrogen-bond donors (Lipinski definition) is 2. The summed E-state index contributed by atoms with van der Waals surface area (Å²) >= 11 is 0. The first-order chi connectivity index (χ1) is 9.86. The molecule has 0 aromatic carbocycles. The molecule has 21 heavy (non-hydrogen) atoms. The van der Waals surface area contributed by atoms with E-state index in [1.54, 1.807) is 7.98 Å². The molecule has 0 spiro atoms.